The molecule has 4 rings (SSSR count). The van der Waals surface area contributed by atoms with E-state index in [1.807, 2.05) is 31.1 Å². The maximum atomic E-state index is 13.2. The largest absolute Gasteiger partial charge is 0.490 e. The second-order valence-electron chi connectivity index (χ2n) is 10.0. The summed E-state index contributed by atoms with van der Waals surface area (Å²) in [5.74, 6) is -1.66. The van der Waals surface area contributed by atoms with E-state index in [-0.39, 0.29) is 45.6 Å². The second-order valence-corrected chi connectivity index (χ2v) is 10.4. The summed E-state index contributed by atoms with van der Waals surface area (Å²) >= 11 is 6.19. The summed E-state index contributed by atoms with van der Waals surface area (Å²) in [5.41, 5.74) is 4.60. The highest BCUT2D eigenvalue weighted by molar-refractivity contribution is 6.34. The Hall–Kier alpha value is -6.01. The summed E-state index contributed by atoms with van der Waals surface area (Å²) in [6.07, 6.45) is 2.86. The Morgan fingerprint density at radius 1 is 0.936 bits per heavy atom. The van der Waals surface area contributed by atoms with Crippen LogP contribution in [0.1, 0.15) is 38.8 Å². The number of amides is 2. The lowest BCUT2D eigenvalue weighted by molar-refractivity contribution is -0.384. The number of hydrazone groups is 1. The molecule has 2 amide bonds. The number of nitrogens with zero attached hydrogens (tertiary/aromatic N) is 3. The van der Waals surface area contributed by atoms with Gasteiger partial charge in [0.15, 0.2) is 11.5 Å². The van der Waals surface area contributed by atoms with Gasteiger partial charge >= 0.3 is 5.97 Å². The van der Waals surface area contributed by atoms with Crippen LogP contribution in [0.4, 0.5) is 11.4 Å². The molecule has 12 nitrogen and oxygen atoms in total. The summed E-state index contributed by atoms with van der Waals surface area (Å²) in [6, 6.07) is 23.4. The van der Waals surface area contributed by atoms with Crippen LogP contribution in [0, 0.1) is 10.1 Å². The Morgan fingerprint density at radius 2 is 1.62 bits per heavy atom. The number of nitro groups is 1. The highest BCUT2D eigenvalue weighted by Crippen LogP contribution is 2.29. The van der Waals surface area contributed by atoms with Gasteiger partial charge in [0.2, 0.25) is 0 Å². The number of benzene rings is 4. The van der Waals surface area contributed by atoms with Gasteiger partial charge in [0, 0.05) is 31.9 Å². The van der Waals surface area contributed by atoms with Crippen molar-refractivity contribution in [2.24, 2.45) is 5.10 Å². The van der Waals surface area contributed by atoms with E-state index < -0.39 is 22.7 Å². The summed E-state index contributed by atoms with van der Waals surface area (Å²) in [6.45, 7) is 2.01. The zero-order valence-electron chi connectivity index (χ0n) is 25.6. The summed E-state index contributed by atoms with van der Waals surface area (Å²) in [4.78, 5) is 51.1. The molecule has 0 bridgehead atoms. The Morgan fingerprint density at radius 3 is 2.26 bits per heavy atom. The van der Waals surface area contributed by atoms with Gasteiger partial charge in [0.25, 0.3) is 17.5 Å². The third-order valence-corrected chi connectivity index (χ3v) is 6.83. The zero-order chi connectivity index (χ0) is 33.9. The molecule has 0 radical (unpaired) electrons. The molecule has 4 aromatic rings. The first kappa shape index (κ1) is 33.9. The molecule has 0 unspecified atom stereocenters. The molecular weight excluding hydrogens is 626 g/mol. The van der Waals surface area contributed by atoms with E-state index in [1.54, 1.807) is 55.5 Å². The molecule has 0 fully saturated rings. The number of carbonyl (C=O) groups is 3. The maximum Gasteiger partial charge on any atom is 0.343 e. The van der Waals surface area contributed by atoms with Crippen LogP contribution < -0.4 is 25.1 Å². The number of hydrogen-bond acceptors (Lipinski definition) is 9. The molecule has 0 heterocycles. The Balaban J connectivity index is 1.51. The van der Waals surface area contributed by atoms with Gasteiger partial charge < -0.3 is 19.7 Å². The van der Waals surface area contributed by atoms with Gasteiger partial charge in [0.1, 0.15) is 5.70 Å². The molecule has 0 spiro atoms. The normalized spacial score (nSPS) is 11.1. The fourth-order valence-corrected chi connectivity index (χ4v) is 4.31. The number of rotatable bonds is 12. The first-order valence-corrected chi connectivity index (χ1v) is 14.6. The molecule has 13 heteroatoms. The highest BCUT2D eigenvalue weighted by atomic mass is 35.5. The molecule has 0 saturated heterocycles. The van der Waals surface area contributed by atoms with Crippen molar-refractivity contribution in [2.45, 2.75) is 6.92 Å². The molecule has 2 N–H and O–H groups in total. The van der Waals surface area contributed by atoms with Crippen molar-refractivity contribution >= 4 is 53.0 Å². The van der Waals surface area contributed by atoms with Gasteiger partial charge in [-0.3, -0.25) is 19.7 Å². The molecule has 0 aliphatic carbocycles. The van der Waals surface area contributed by atoms with Gasteiger partial charge in [-0.1, -0.05) is 35.9 Å². The number of nitro benzene ring substituents is 1. The van der Waals surface area contributed by atoms with Crippen LogP contribution in [-0.4, -0.2) is 49.6 Å². The molecule has 0 aliphatic rings. The average molecular weight is 656 g/mol. The smallest absolute Gasteiger partial charge is 0.343 e. The standard InChI is InChI=1S/C34H30ClN5O7/c1-4-46-31-20-23(11-18-30(31)47-34(43)24-12-16-26(17-13-24)40(44)45)21-36-38-33(42)29(19-22-9-14-25(15-10-22)39(2)3)37-32(41)27-7-5-6-8-28(27)35/h5-21H,4H2,1-3H3,(H,37,41)(H,38,42)/b29-19+,36-21-. The molecule has 0 aliphatic heterocycles. The first-order valence-electron chi connectivity index (χ1n) is 14.2. The topological polar surface area (TPSA) is 152 Å². The zero-order valence-corrected chi connectivity index (χ0v) is 26.4. The third kappa shape index (κ3) is 9.25. The Kier molecular flexibility index (Phi) is 11.4. The van der Waals surface area contributed by atoms with E-state index in [9.17, 15) is 24.5 Å². The summed E-state index contributed by atoms with van der Waals surface area (Å²) < 4.78 is 11.1. The predicted octanol–water partition coefficient (Wildman–Crippen LogP) is 5.85. The van der Waals surface area contributed by atoms with Crippen LogP contribution in [-0.2, 0) is 4.79 Å². The molecular formula is C34H30ClN5O7. The van der Waals surface area contributed by atoms with Gasteiger partial charge in [-0.25, -0.2) is 10.2 Å². The average Bonchev–Trinajstić information content (AvgIpc) is 3.06. The fourth-order valence-electron chi connectivity index (χ4n) is 4.09. The Labute approximate surface area is 275 Å². The van der Waals surface area contributed by atoms with E-state index in [1.165, 1.54) is 42.6 Å². The lowest BCUT2D eigenvalue weighted by Gasteiger charge is -2.13. The van der Waals surface area contributed by atoms with Gasteiger partial charge in [-0.05, 0) is 78.7 Å². The summed E-state index contributed by atoms with van der Waals surface area (Å²) in [5, 5.41) is 17.8. The van der Waals surface area contributed by atoms with Gasteiger partial charge in [0.05, 0.1) is 33.9 Å². The SMILES string of the molecule is CCOc1cc(/C=N\NC(=O)/C(=C\c2ccc(N(C)C)cc2)NC(=O)c2ccccc2Cl)ccc1OC(=O)c1ccc([N+](=O)[O-])cc1. The minimum atomic E-state index is -0.732. The molecule has 0 atom stereocenters. The maximum absolute atomic E-state index is 13.2. The van der Waals surface area contributed by atoms with E-state index in [4.69, 9.17) is 21.1 Å². The number of hydrogen-bond donors (Lipinski definition) is 2. The third-order valence-electron chi connectivity index (χ3n) is 6.50. The Bertz CT molecular complexity index is 1840. The van der Waals surface area contributed by atoms with Crippen molar-refractivity contribution in [3.63, 3.8) is 0 Å². The van der Waals surface area contributed by atoms with E-state index in [0.717, 1.165) is 5.69 Å². The number of halogens is 1. The monoisotopic (exact) mass is 655 g/mol. The minimum Gasteiger partial charge on any atom is -0.490 e. The number of anilines is 1. The minimum absolute atomic E-state index is 0.0758. The lowest BCUT2D eigenvalue weighted by atomic mass is 10.1. The number of esters is 1. The lowest BCUT2D eigenvalue weighted by Crippen LogP contribution is -2.33. The highest BCUT2D eigenvalue weighted by Gasteiger charge is 2.17. The van der Waals surface area contributed by atoms with Crippen LogP contribution in [0.15, 0.2) is 102 Å². The van der Waals surface area contributed by atoms with E-state index in [0.29, 0.717) is 11.1 Å². The molecule has 47 heavy (non-hydrogen) atoms. The predicted molar refractivity (Wildman–Crippen MR) is 179 cm³/mol. The van der Waals surface area contributed by atoms with Gasteiger partial charge in [-0.2, -0.15) is 5.10 Å². The van der Waals surface area contributed by atoms with Crippen molar-refractivity contribution < 1.29 is 28.8 Å². The van der Waals surface area contributed by atoms with Crippen molar-refractivity contribution in [3.8, 4) is 11.5 Å². The molecule has 0 aromatic heterocycles. The van der Waals surface area contributed by atoms with Gasteiger partial charge in [-0.15, -0.1) is 0 Å². The van der Waals surface area contributed by atoms with Crippen LogP contribution in [0.25, 0.3) is 6.08 Å². The van der Waals surface area contributed by atoms with Crippen LogP contribution >= 0.6 is 11.6 Å². The first-order chi connectivity index (χ1) is 22.5. The number of nitrogens with one attached hydrogen (secondary N) is 2. The molecule has 0 saturated carbocycles. The van der Waals surface area contributed by atoms with Crippen LogP contribution in [0.2, 0.25) is 5.02 Å². The quantitative estimate of drug-likeness (QED) is 0.0481. The number of non-ortho nitro benzene ring substituents is 1. The molecule has 4 aromatic carbocycles. The van der Waals surface area contributed by atoms with E-state index in [2.05, 4.69) is 15.8 Å². The number of ether oxygens (including phenoxy) is 2. The molecule has 240 valence electrons. The van der Waals surface area contributed by atoms with Crippen LogP contribution in [0.3, 0.4) is 0 Å². The van der Waals surface area contributed by atoms with Crippen molar-refractivity contribution in [1.29, 1.82) is 0 Å². The fraction of sp³-hybridized carbons (Fsp3) is 0.118. The van der Waals surface area contributed by atoms with Crippen LogP contribution in [0.5, 0.6) is 11.5 Å². The number of carbonyl (C=O) groups excluding carboxylic acids is 3. The summed E-state index contributed by atoms with van der Waals surface area (Å²) in [7, 11) is 3.82. The second kappa shape index (κ2) is 15.8. The van der Waals surface area contributed by atoms with Crippen molar-refractivity contribution in [3.05, 3.63) is 134 Å². The van der Waals surface area contributed by atoms with E-state index >= 15 is 0 Å². The van der Waals surface area contributed by atoms with Crippen molar-refractivity contribution in [2.75, 3.05) is 25.6 Å². The van der Waals surface area contributed by atoms with Crippen molar-refractivity contribution in [1.82, 2.24) is 10.7 Å².